The quantitative estimate of drug-likeness (QED) is 0.454. The lowest BCUT2D eigenvalue weighted by molar-refractivity contribution is -0.157. The van der Waals surface area contributed by atoms with Crippen molar-refractivity contribution in [3.8, 4) is 0 Å². The molecule has 16 heavy (non-hydrogen) atoms. The van der Waals surface area contributed by atoms with E-state index in [9.17, 15) is 9.90 Å². The first-order valence-electron chi connectivity index (χ1n) is 4.88. The number of hydrogen-bond donors (Lipinski definition) is 2. The second-order valence-electron chi connectivity index (χ2n) is 3.15. The van der Waals surface area contributed by atoms with Crippen molar-refractivity contribution in [1.82, 2.24) is 0 Å². The van der Waals surface area contributed by atoms with Crippen molar-refractivity contribution >= 4 is 5.97 Å². The van der Waals surface area contributed by atoms with Gasteiger partial charge >= 0.3 is 5.97 Å². The molecule has 0 rings (SSSR count). The van der Waals surface area contributed by atoms with Gasteiger partial charge in [0.2, 0.25) is 0 Å². The number of aliphatic hydroxyl groups excluding tert-OH is 2. The minimum absolute atomic E-state index is 0.174. The van der Waals surface area contributed by atoms with E-state index in [0.29, 0.717) is 0 Å². The summed E-state index contributed by atoms with van der Waals surface area (Å²) in [6.45, 7) is 7.87. The normalized spacial score (nSPS) is 15.9. The molecule has 5 heteroatoms. The molecule has 3 atom stereocenters. The average Bonchev–Trinajstić information content (AvgIpc) is 2.26. The molecule has 0 aromatic heterocycles. The predicted octanol–water partition coefficient (Wildman–Crippen LogP) is 0.0285. The smallest absolute Gasteiger partial charge is 0.303 e. The molecule has 0 aromatic rings. The summed E-state index contributed by atoms with van der Waals surface area (Å²) in [5.41, 5.74) is 0. The molecule has 0 aliphatic rings. The molecule has 0 unspecified atom stereocenters. The number of ether oxygens (including phenoxy) is 2. The van der Waals surface area contributed by atoms with Crippen LogP contribution in [0.5, 0.6) is 0 Å². The SMILES string of the molecule is C=CCO[C@H]([C@H](O)CO)[C@@H](C=C)OC(C)=O. The minimum atomic E-state index is -1.15. The molecule has 0 heterocycles. The Balaban J connectivity index is 4.59. The molecule has 0 bridgehead atoms. The Morgan fingerprint density at radius 2 is 2.12 bits per heavy atom. The standard InChI is InChI=1S/C11H18O5/c1-4-6-15-11(9(14)7-12)10(5-2)16-8(3)13/h4-5,9-12,14H,1-2,6-7H2,3H3/t9-,10-,11-/m1/s1. The Labute approximate surface area is 95.0 Å². The van der Waals surface area contributed by atoms with E-state index in [-0.39, 0.29) is 6.61 Å². The van der Waals surface area contributed by atoms with Crippen molar-refractivity contribution in [3.05, 3.63) is 25.3 Å². The number of carbonyl (C=O) groups is 1. The molecule has 0 spiro atoms. The number of rotatable bonds is 8. The topological polar surface area (TPSA) is 76.0 Å². The van der Waals surface area contributed by atoms with E-state index in [1.165, 1.54) is 19.1 Å². The lowest BCUT2D eigenvalue weighted by Gasteiger charge is -2.27. The Morgan fingerprint density at radius 1 is 1.50 bits per heavy atom. The highest BCUT2D eigenvalue weighted by Crippen LogP contribution is 2.11. The maximum Gasteiger partial charge on any atom is 0.303 e. The predicted molar refractivity (Wildman–Crippen MR) is 58.8 cm³/mol. The molecule has 5 nitrogen and oxygen atoms in total. The van der Waals surface area contributed by atoms with Gasteiger partial charge in [0.05, 0.1) is 13.2 Å². The van der Waals surface area contributed by atoms with E-state index >= 15 is 0 Å². The first-order chi connectivity index (χ1) is 7.56. The molecule has 0 saturated heterocycles. The van der Waals surface area contributed by atoms with Gasteiger partial charge in [-0.2, -0.15) is 0 Å². The van der Waals surface area contributed by atoms with Gasteiger partial charge in [-0.3, -0.25) is 4.79 Å². The summed E-state index contributed by atoms with van der Waals surface area (Å²) in [4.78, 5) is 10.8. The van der Waals surface area contributed by atoms with Crippen LogP contribution in [0.3, 0.4) is 0 Å². The molecule has 0 aliphatic heterocycles. The third-order valence-corrected chi connectivity index (χ3v) is 1.83. The largest absolute Gasteiger partial charge is 0.455 e. The summed E-state index contributed by atoms with van der Waals surface area (Å²) in [7, 11) is 0. The number of carbonyl (C=O) groups excluding carboxylic acids is 1. The molecule has 0 amide bonds. The monoisotopic (exact) mass is 230 g/mol. The highest BCUT2D eigenvalue weighted by molar-refractivity contribution is 5.66. The van der Waals surface area contributed by atoms with E-state index in [1.807, 2.05) is 0 Å². The van der Waals surface area contributed by atoms with Gasteiger partial charge in [-0.1, -0.05) is 12.7 Å². The van der Waals surface area contributed by atoms with Gasteiger partial charge < -0.3 is 19.7 Å². The van der Waals surface area contributed by atoms with Crippen molar-refractivity contribution in [2.45, 2.75) is 25.2 Å². The minimum Gasteiger partial charge on any atom is -0.455 e. The number of esters is 1. The molecule has 2 N–H and O–H groups in total. The van der Waals surface area contributed by atoms with E-state index in [2.05, 4.69) is 13.2 Å². The lowest BCUT2D eigenvalue weighted by atomic mass is 10.1. The van der Waals surface area contributed by atoms with Crippen LogP contribution in [0.1, 0.15) is 6.92 Å². The Kier molecular flexibility index (Phi) is 7.45. The summed E-state index contributed by atoms with van der Waals surface area (Å²) in [6, 6.07) is 0. The van der Waals surface area contributed by atoms with Crippen LogP contribution in [0.25, 0.3) is 0 Å². The van der Waals surface area contributed by atoms with Gasteiger partial charge in [0.25, 0.3) is 0 Å². The molecule has 0 aromatic carbocycles. The zero-order valence-corrected chi connectivity index (χ0v) is 9.33. The Hall–Kier alpha value is -1.17. The van der Waals surface area contributed by atoms with E-state index in [4.69, 9.17) is 14.6 Å². The zero-order chi connectivity index (χ0) is 12.6. The van der Waals surface area contributed by atoms with E-state index < -0.39 is 30.9 Å². The van der Waals surface area contributed by atoms with Crippen molar-refractivity contribution in [2.24, 2.45) is 0 Å². The molecular weight excluding hydrogens is 212 g/mol. The molecule has 0 aliphatic carbocycles. The van der Waals surface area contributed by atoms with E-state index in [1.54, 1.807) is 0 Å². The van der Waals surface area contributed by atoms with Gasteiger partial charge in [-0.15, -0.1) is 6.58 Å². The Bertz CT molecular complexity index is 239. The Morgan fingerprint density at radius 3 is 2.50 bits per heavy atom. The van der Waals surface area contributed by atoms with Crippen LogP contribution in [0.2, 0.25) is 0 Å². The molecule has 92 valence electrons. The molecule has 0 fully saturated rings. The van der Waals surface area contributed by atoms with Gasteiger partial charge in [0.1, 0.15) is 18.3 Å². The summed E-state index contributed by atoms with van der Waals surface area (Å²) in [6.07, 6.45) is 0.0188. The van der Waals surface area contributed by atoms with Crippen molar-refractivity contribution in [2.75, 3.05) is 13.2 Å². The van der Waals surface area contributed by atoms with Gasteiger partial charge in [0, 0.05) is 6.92 Å². The van der Waals surface area contributed by atoms with E-state index in [0.717, 1.165) is 0 Å². The van der Waals surface area contributed by atoms with Crippen molar-refractivity contribution < 1.29 is 24.5 Å². The van der Waals surface area contributed by atoms with Crippen LogP contribution in [-0.2, 0) is 14.3 Å². The molecule has 0 saturated carbocycles. The number of hydrogen-bond acceptors (Lipinski definition) is 5. The van der Waals surface area contributed by atoms with Crippen LogP contribution < -0.4 is 0 Å². The highest BCUT2D eigenvalue weighted by atomic mass is 16.6. The van der Waals surface area contributed by atoms with Gasteiger partial charge in [-0.05, 0) is 6.08 Å². The molecule has 0 radical (unpaired) electrons. The van der Waals surface area contributed by atoms with Crippen LogP contribution in [0.4, 0.5) is 0 Å². The summed E-state index contributed by atoms with van der Waals surface area (Å²) >= 11 is 0. The maximum atomic E-state index is 10.8. The maximum absolute atomic E-state index is 10.8. The van der Waals surface area contributed by atoms with Gasteiger partial charge in [0.15, 0.2) is 0 Å². The van der Waals surface area contributed by atoms with Crippen LogP contribution in [0.15, 0.2) is 25.3 Å². The van der Waals surface area contributed by atoms with Crippen LogP contribution in [0, 0.1) is 0 Å². The first-order valence-corrected chi connectivity index (χ1v) is 4.88. The fourth-order valence-corrected chi connectivity index (χ4v) is 1.15. The van der Waals surface area contributed by atoms with Crippen molar-refractivity contribution in [3.63, 3.8) is 0 Å². The average molecular weight is 230 g/mol. The summed E-state index contributed by atoms with van der Waals surface area (Å²) < 4.78 is 10.1. The third-order valence-electron chi connectivity index (χ3n) is 1.83. The fourth-order valence-electron chi connectivity index (χ4n) is 1.15. The zero-order valence-electron chi connectivity index (χ0n) is 9.33. The lowest BCUT2D eigenvalue weighted by Crippen LogP contribution is -2.43. The summed E-state index contributed by atoms with van der Waals surface area (Å²) in [5.74, 6) is -0.512. The molecular formula is C11H18O5. The summed E-state index contributed by atoms with van der Waals surface area (Å²) in [5, 5.41) is 18.4. The van der Waals surface area contributed by atoms with Crippen molar-refractivity contribution in [1.29, 1.82) is 0 Å². The number of aliphatic hydroxyl groups is 2. The van der Waals surface area contributed by atoms with Gasteiger partial charge in [-0.25, -0.2) is 0 Å². The highest BCUT2D eigenvalue weighted by Gasteiger charge is 2.28. The first kappa shape index (κ1) is 14.8. The fraction of sp³-hybridized carbons (Fsp3) is 0.545. The van der Waals surface area contributed by atoms with Crippen LogP contribution in [-0.4, -0.2) is 47.7 Å². The third kappa shape index (κ3) is 5.06. The van der Waals surface area contributed by atoms with Crippen LogP contribution >= 0.6 is 0 Å². The second-order valence-corrected chi connectivity index (χ2v) is 3.15. The second kappa shape index (κ2) is 8.04.